The van der Waals surface area contributed by atoms with Gasteiger partial charge in [0.1, 0.15) is 0 Å². The van der Waals surface area contributed by atoms with Gasteiger partial charge in [0.2, 0.25) is 5.91 Å². The van der Waals surface area contributed by atoms with Gasteiger partial charge in [-0.25, -0.2) is 0 Å². The van der Waals surface area contributed by atoms with Crippen LogP contribution in [0.25, 0.3) is 0 Å². The molecule has 0 aliphatic carbocycles. The zero-order chi connectivity index (χ0) is 13.8. The molecule has 0 aliphatic rings. The van der Waals surface area contributed by atoms with E-state index in [4.69, 9.17) is 5.11 Å². The monoisotopic (exact) mass is 249 g/mol. The predicted molar refractivity (Wildman–Crippen MR) is 73.5 cm³/mol. The molecule has 2 N–H and O–H groups in total. The quantitative estimate of drug-likeness (QED) is 0.840. The highest BCUT2D eigenvalue weighted by Gasteiger charge is 2.19. The number of carbonyl (C=O) groups excluding carboxylic acids is 1. The van der Waals surface area contributed by atoms with E-state index in [0.29, 0.717) is 12.8 Å². The first-order valence-corrected chi connectivity index (χ1v) is 6.32. The highest BCUT2D eigenvalue weighted by atomic mass is 16.3. The van der Waals surface area contributed by atoms with Crippen LogP contribution in [0, 0.1) is 13.8 Å². The molecule has 1 rings (SSSR count). The lowest BCUT2D eigenvalue weighted by atomic mass is 10.00. The molecule has 0 saturated heterocycles. The third-order valence-corrected chi connectivity index (χ3v) is 3.15. The van der Waals surface area contributed by atoms with Crippen molar-refractivity contribution in [2.45, 2.75) is 46.1 Å². The fraction of sp³-hybridized carbons (Fsp3) is 0.533. The van der Waals surface area contributed by atoms with E-state index in [1.54, 1.807) is 0 Å². The van der Waals surface area contributed by atoms with Crippen molar-refractivity contribution in [3.63, 3.8) is 0 Å². The Labute approximate surface area is 109 Å². The lowest BCUT2D eigenvalue weighted by molar-refractivity contribution is -0.122. The maximum atomic E-state index is 11.9. The summed E-state index contributed by atoms with van der Waals surface area (Å²) in [6.07, 6.45) is 0.946. The Morgan fingerprint density at radius 1 is 1.28 bits per heavy atom. The minimum atomic E-state index is -0.356. The highest BCUT2D eigenvalue weighted by molar-refractivity contribution is 5.79. The van der Waals surface area contributed by atoms with Crippen LogP contribution >= 0.6 is 0 Å². The summed E-state index contributed by atoms with van der Waals surface area (Å²) in [5, 5.41) is 11.9. The zero-order valence-electron chi connectivity index (χ0n) is 11.7. The second-order valence-corrected chi connectivity index (χ2v) is 5.50. The smallest absolute Gasteiger partial charge is 0.224 e. The minimum Gasteiger partial charge on any atom is -0.396 e. The van der Waals surface area contributed by atoms with Gasteiger partial charge in [0.05, 0.1) is 6.42 Å². The van der Waals surface area contributed by atoms with Crippen molar-refractivity contribution in [1.82, 2.24) is 5.32 Å². The van der Waals surface area contributed by atoms with E-state index in [1.165, 1.54) is 11.1 Å². The van der Waals surface area contributed by atoms with Crippen molar-refractivity contribution < 1.29 is 9.90 Å². The van der Waals surface area contributed by atoms with Gasteiger partial charge in [0, 0.05) is 12.1 Å². The summed E-state index contributed by atoms with van der Waals surface area (Å²) in [6, 6.07) is 6.08. The summed E-state index contributed by atoms with van der Waals surface area (Å²) in [6.45, 7) is 8.02. The van der Waals surface area contributed by atoms with E-state index < -0.39 is 0 Å². The normalized spacial score (nSPS) is 11.4. The predicted octanol–water partition coefficient (Wildman–Crippen LogP) is 2.12. The van der Waals surface area contributed by atoms with E-state index in [-0.39, 0.29) is 18.1 Å². The number of benzene rings is 1. The molecule has 0 atom stereocenters. The van der Waals surface area contributed by atoms with Crippen molar-refractivity contribution in [2.75, 3.05) is 6.61 Å². The molecule has 3 nitrogen and oxygen atoms in total. The van der Waals surface area contributed by atoms with Crippen LogP contribution in [0.3, 0.4) is 0 Å². The van der Waals surface area contributed by atoms with E-state index in [1.807, 2.05) is 39.0 Å². The van der Waals surface area contributed by atoms with Crippen LogP contribution in [0.1, 0.15) is 37.0 Å². The number of aliphatic hydroxyl groups is 1. The fourth-order valence-electron chi connectivity index (χ4n) is 1.86. The summed E-state index contributed by atoms with van der Waals surface area (Å²) in [7, 11) is 0. The van der Waals surface area contributed by atoms with Gasteiger partial charge in [-0.3, -0.25) is 4.79 Å². The van der Waals surface area contributed by atoms with E-state index in [2.05, 4.69) is 12.2 Å². The summed E-state index contributed by atoms with van der Waals surface area (Å²) in [5.74, 6) is -0.00305. The fourth-order valence-corrected chi connectivity index (χ4v) is 1.86. The molecular weight excluding hydrogens is 226 g/mol. The largest absolute Gasteiger partial charge is 0.396 e. The highest BCUT2D eigenvalue weighted by Crippen LogP contribution is 2.12. The molecule has 100 valence electrons. The molecule has 0 unspecified atom stereocenters. The first-order valence-electron chi connectivity index (χ1n) is 6.32. The molecular formula is C15H23NO2. The molecule has 0 spiro atoms. The maximum absolute atomic E-state index is 11.9. The lowest BCUT2D eigenvalue weighted by Crippen LogP contribution is -2.44. The molecule has 3 heteroatoms. The molecule has 0 fully saturated rings. The SMILES string of the molecule is Cc1ccc(CC(=O)NC(C)(C)CCO)cc1C. The van der Waals surface area contributed by atoms with E-state index >= 15 is 0 Å². The van der Waals surface area contributed by atoms with Crippen molar-refractivity contribution in [1.29, 1.82) is 0 Å². The molecule has 0 saturated carbocycles. The maximum Gasteiger partial charge on any atom is 0.224 e. The Kier molecular flexibility index (Phi) is 4.91. The topological polar surface area (TPSA) is 49.3 Å². The van der Waals surface area contributed by atoms with Crippen molar-refractivity contribution in [2.24, 2.45) is 0 Å². The Hall–Kier alpha value is -1.35. The van der Waals surface area contributed by atoms with E-state index in [0.717, 1.165) is 5.56 Å². The van der Waals surface area contributed by atoms with Gasteiger partial charge in [0.15, 0.2) is 0 Å². The van der Waals surface area contributed by atoms with Crippen LogP contribution in [-0.4, -0.2) is 23.2 Å². The molecule has 1 amide bonds. The Morgan fingerprint density at radius 3 is 2.50 bits per heavy atom. The summed E-state index contributed by atoms with van der Waals surface area (Å²) < 4.78 is 0. The van der Waals surface area contributed by atoms with Crippen molar-refractivity contribution in [3.8, 4) is 0 Å². The van der Waals surface area contributed by atoms with Crippen LogP contribution in [0.5, 0.6) is 0 Å². The molecule has 0 radical (unpaired) electrons. The van der Waals surface area contributed by atoms with Gasteiger partial charge < -0.3 is 10.4 Å². The molecule has 1 aromatic carbocycles. The third kappa shape index (κ3) is 4.49. The average molecular weight is 249 g/mol. The number of rotatable bonds is 5. The Balaban J connectivity index is 2.62. The summed E-state index contributed by atoms with van der Waals surface area (Å²) in [4.78, 5) is 11.9. The Morgan fingerprint density at radius 2 is 1.94 bits per heavy atom. The van der Waals surface area contributed by atoms with Gasteiger partial charge in [-0.05, 0) is 50.8 Å². The number of aliphatic hydroxyl groups excluding tert-OH is 1. The van der Waals surface area contributed by atoms with Gasteiger partial charge in [-0.1, -0.05) is 18.2 Å². The van der Waals surface area contributed by atoms with Crippen molar-refractivity contribution in [3.05, 3.63) is 34.9 Å². The number of amides is 1. The molecule has 0 aliphatic heterocycles. The second kappa shape index (κ2) is 6.01. The summed E-state index contributed by atoms with van der Waals surface area (Å²) >= 11 is 0. The molecule has 18 heavy (non-hydrogen) atoms. The number of hydrogen-bond donors (Lipinski definition) is 2. The number of nitrogens with one attached hydrogen (secondary N) is 1. The van der Waals surface area contributed by atoms with Crippen LogP contribution < -0.4 is 5.32 Å². The van der Waals surface area contributed by atoms with E-state index in [9.17, 15) is 4.79 Å². The minimum absolute atomic E-state index is 0.00305. The zero-order valence-corrected chi connectivity index (χ0v) is 11.7. The average Bonchev–Trinajstić information content (AvgIpc) is 2.22. The number of carbonyl (C=O) groups is 1. The van der Waals surface area contributed by atoms with Gasteiger partial charge in [-0.2, -0.15) is 0 Å². The number of aryl methyl sites for hydroxylation is 2. The van der Waals surface area contributed by atoms with Gasteiger partial charge in [-0.15, -0.1) is 0 Å². The number of hydrogen-bond acceptors (Lipinski definition) is 2. The molecule has 0 bridgehead atoms. The van der Waals surface area contributed by atoms with Crippen LogP contribution in [0.2, 0.25) is 0 Å². The van der Waals surface area contributed by atoms with Crippen LogP contribution in [-0.2, 0) is 11.2 Å². The molecule has 0 aromatic heterocycles. The summed E-state index contributed by atoms with van der Waals surface area (Å²) in [5.41, 5.74) is 3.11. The van der Waals surface area contributed by atoms with Gasteiger partial charge >= 0.3 is 0 Å². The second-order valence-electron chi connectivity index (χ2n) is 5.50. The van der Waals surface area contributed by atoms with Gasteiger partial charge in [0.25, 0.3) is 0 Å². The first-order chi connectivity index (χ1) is 8.34. The Bertz CT molecular complexity index is 425. The van der Waals surface area contributed by atoms with Crippen molar-refractivity contribution >= 4 is 5.91 Å². The van der Waals surface area contributed by atoms with Crippen LogP contribution in [0.4, 0.5) is 0 Å². The molecule has 0 heterocycles. The lowest BCUT2D eigenvalue weighted by Gasteiger charge is -2.25. The first kappa shape index (κ1) is 14.7. The standard InChI is InChI=1S/C15H23NO2/c1-11-5-6-13(9-12(11)2)10-14(18)16-15(3,4)7-8-17/h5-6,9,17H,7-8,10H2,1-4H3,(H,16,18). The van der Waals surface area contributed by atoms with Crippen LogP contribution in [0.15, 0.2) is 18.2 Å². The third-order valence-electron chi connectivity index (χ3n) is 3.15. The molecule has 1 aromatic rings.